The molecule has 14 heavy (non-hydrogen) atoms. The Labute approximate surface area is 85.5 Å². The first-order chi connectivity index (χ1) is 6.79. The molecular weight excluding hydrogens is 176 g/mol. The number of ether oxygens (including phenoxy) is 1. The van der Waals surface area contributed by atoms with Crippen LogP contribution >= 0.6 is 0 Å². The van der Waals surface area contributed by atoms with Crippen molar-refractivity contribution in [2.24, 2.45) is 5.92 Å². The summed E-state index contributed by atoms with van der Waals surface area (Å²) < 4.78 is 5.44. The van der Waals surface area contributed by atoms with Gasteiger partial charge >= 0.3 is 0 Å². The lowest BCUT2D eigenvalue weighted by molar-refractivity contribution is 0.0474. The highest BCUT2D eigenvalue weighted by molar-refractivity contribution is 5.18. The molecule has 0 saturated carbocycles. The van der Waals surface area contributed by atoms with Crippen LogP contribution in [-0.2, 0) is 4.74 Å². The predicted molar refractivity (Wildman–Crippen MR) is 57.1 cm³/mol. The molecule has 0 aliphatic heterocycles. The van der Waals surface area contributed by atoms with Gasteiger partial charge < -0.3 is 9.84 Å². The number of methoxy groups -OCH3 is 1. The van der Waals surface area contributed by atoms with E-state index in [0.717, 1.165) is 6.42 Å². The molecule has 0 aliphatic rings. The molecular formula is C12H18O2. The van der Waals surface area contributed by atoms with Crippen molar-refractivity contribution >= 4 is 0 Å². The number of benzene rings is 1. The van der Waals surface area contributed by atoms with E-state index in [1.807, 2.05) is 18.2 Å². The third-order valence-corrected chi connectivity index (χ3v) is 2.48. The van der Waals surface area contributed by atoms with Crippen molar-refractivity contribution in [3.8, 4) is 0 Å². The second-order valence-electron chi connectivity index (χ2n) is 3.56. The van der Waals surface area contributed by atoms with Crippen molar-refractivity contribution in [3.63, 3.8) is 0 Å². The SMILES string of the molecule is CO[C@H](c1ccccc1)[C@@H](C)CCO. The molecule has 0 unspecified atom stereocenters. The van der Waals surface area contributed by atoms with Gasteiger partial charge in [-0.1, -0.05) is 37.3 Å². The minimum absolute atomic E-state index is 0.0864. The molecule has 1 aromatic rings. The van der Waals surface area contributed by atoms with Crippen LogP contribution in [0.2, 0.25) is 0 Å². The van der Waals surface area contributed by atoms with Crippen molar-refractivity contribution in [1.29, 1.82) is 0 Å². The zero-order chi connectivity index (χ0) is 10.4. The van der Waals surface area contributed by atoms with E-state index >= 15 is 0 Å². The van der Waals surface area contributed by atoms with E-state index in [0.29, 0.717) is 5.92 Å². The van der Waals surface area contributed by atoms with Gasteiger partial charge in [0.2, 0.25) is 0 Å². The van der Waals surface area contributed by atoms with Gasteiger partial charge in [0, 0.05) is 13.7 Å². The fourth-order valence-corrected chi connectivity index (χ4v) is 1.69. The van der Waals surface area contributed by atoms with Crippen molar-refractivity contribution in [1.82, 2.24) is 0 Å². The van der Waals surface area contributed by atoms with Gasteiger partial charge in [-0.15, -0.1) is 0 Å². The molecule has 0 bridgehead atoms. The van der Waals surface area contributed by atoms with E-state index in [-0.39, 0.29) is 12.7 Å². The van der Waals surface area contributed by atoms with Gasteiger partial charge in [-0.3, -0.25) is 0 Å². The predicted octanol–water partition coefficient (Wildman–Crippen LogP) is 2.39. The van der Waals surface area contributed by atoms with Crippen LogP contribution in [0.15, 0.2) is 30.3 Å². The Bertz CT molecular complexity index is 246. The summed E-state index contributed by atoms with van der Waals surface area (Å²) >= 11 is 0. The molecule has 0 saturated heterocycles. The van der Waals surface area contributed by atoms with E-state index in [1.54, 1.807) is 7.11 Å². The largest absolute Gasteiger partial charge is 0.396 e. The minimum atomic E-state index is 0.0864. The number of hydrogen-bond donors (Lipinski definition) is 1. The van der Waals surface area contributed by atoms with Crippen LogP contribution in [0, 0.1) is 5.92 Å². The maximum atomic E-state index is 8.87. The summed E-state index contributed by atoms with van der Waals surface area (Å²) in [4.78, 5) is 0. The molecule has 0 aromatic heterocycles. The Morgan fingerprint density at radius 1 is 1.29 bits per heavy atom. The van der Waals surface area contributed by atoms with Crippen LogP contribution in [0.25, 0.3) is 0 Å². The zero-order valence-electron chi connectivity index (χ0n) is 8.81. The summed E-state index contributed by atoms with van der Waals surface area (Å²) in [5, 5.41) is 8.87. The summed E-state index contributed by atoms with van der Waals surface area (Å²) in [6, 6.07) is 10.1. The van der Waals surface area contributed by atoms with Crippen LogP contribution < -0.4 is 0 Å². The molecule has 1 rings (SSSR count). The van der Waals surface area contributed by atoms with Crippen molar-refractivity contribution in [3.05, 3.63) is 35.9 Å². The smallest absolute Gasteiger partial charge is 0.0847 e. The molecule has 0 spiro atoms. The van der Waals surface area contributed by atoms with Crippen LogP contribution in [0.1, 0.15) is 25.0 Å². The molecule has 1 aromatic carbocycles. The Kier molecular flexibility index (Phi) is 4.63. The molecule has 2 nitrogen and oxygen atoms in total. The molecule has 2 atom stereocenters. The van der Waals surface area contributed by atoms with E-state index in [2.05, 4.69) is 19.1 Å². The second-order valence-corrected chi connectivity index (χ2v) is 3.56. The summed E-state index contributed by atoms with van der Waals surface area (Å²) in [6.45, 7) is 2.31. The summed E-state index contributed by atoms with van der Waals surface area (Å²) in [7, 11) is 1.71. The fraction of sp³-hybridized carbons (Fsp3) is 0.500. The molecule has 2 heteroatoms. The molecule has 0 amide bonds. The van der Waals surface area contributed by atoms with Crippen molar-refractivity contribution < 1.29 is 9.84 Å². The Balaban J connectivity index is 2.71. The van der Waals surface area contributed by atoms with Gasteiger partial charge in [-0.25, -0.2) is 0 Å². The van der Waals surface area contributed by atoms with Crippen molar-refractivity contribution in [2.45, 2.75) is 19.4 Å². The highest BCUT2D eigenvalue weighted by atomic mass is 16.5. The first-order valence-electron chi connectivity index (χ1n) is 4.98. The summed E-state index contributed by atoms with van der Waals surface area (Å²) in [5.74, 6) is 0.340. The standard InChI is InChI=1S/C12H18O2/c1-10(8-9-13)12(14-2)11-6-4-3-5-7-11/h3-7,10,12-13H,8-9H2,1-2H3/t10-,12-/m0/s1. The molecule has 1 N–H and O–H groups in total. The average molecular weight is 194 g/mol. The molecule has 78 valence electrons. The average Bonchev–Trinajstić information content (AvgIpc) is 2.21. The first-order valence-corrected chi connectivity index (χ1v) is 4.98. The number of aliphatic hydroxyl groups is 1. The maximum absolute atomic E-state index is 8.87. The van der Waals surface area contributed by atoms with E-state index in [1.165, 1.54) is 5.56 Å². The van der Waals surface area contributed by atoms with Gasteiger partial charge in [0.25, 0.3) is 0 Å². The fourth-order valence-electron chi connectivity index (χ4n) is 1.69. The summed E-state index contributed by atoms with van der Waals surface area (Å²) in [6.07, 6.45) is 0.858. The number of hydrogen-bond acceptors (Lipinski definition) is 2. The highest BCUT2D eigenvalue weighted by Gasteiger charge is 2.17. The van der Waals surface area contributed by atoms with Gasteiger partial charge in [-0.2, -0.15) is 0 Å². The van der Waals surface area contributed by atoms with Crippen molar-refractivity contribution in [2.75, 3.05) is 13.7 Å². The van der Waals surface area contributed by atoms with Gasteiger partial charge in [0.1, 0.15) is 0 Å². The second kappa shape index (κ2) is 5.78. The quantitative estimate of drug-likeness (QED) is 0.780. The maximum Gasteiger partial charge on any atom is 0.0847 e. The van der Waals surface area contributed by atoms with E-state index in [4.69, 9.17) is 9.84 Å². The topological polar surface area (TPSA) is 29.5 Å². The monoisotopic (exact) mass is 194 g/mol. The minimum Gasteiger partial charge on any atom is -0.396 e. The Morgan fingerprint density at radius 3 is 2.43 bits per heavy atom. The lowest BCUT2D eigenvalue weighted by atomic mass is 9.95. The molecule has 0 aliphatic carbocycles. The number of rotatable bonds is 5. The third kappa shape index (κ3) is 2.82. The van der Waals surface area contributed by atoms with Crippen LogP contribution in [-0.4, -0.2) is 18.8 Å². The lowest BCUT2D eigenvalue weighted by Gasteiger charge is -2.22. The van der Waals surface area contributed by atoms with Gasteiger partial charge in [-0.05, 0) is 17.9 Å². The van der Waals surface area contributed by atoms with Crippen LogP contribution in [0.5, 0.6) is 0 Å². The van der Waals surface area contributed by atoms with Crippen LogP contribution in [0.4, 0.5) is 0 Å². The zero-order valence-corrected chi connectivity index (χ0v) is 8.81. The molecule has 0 fully saturated rings. The van der Waals surface area contributed by atoms with Gasteiger partial charge in [0.05, 0.1) is 6.10 Å². The number of aliphatic hydroxyl groups excluding tert-OH is 1. The Morgan fingerprint density at radius 2 is 1.93 bits per heavy atom. The molecule has 0 heterocycles. The third-order valence-electron chi connectivity index (χ3n) is 2.48. The van der Waals surface area contributed by atoms with Crippen LogP contribution in [0.3, 0.4) is 0 Å². The van der Waals surface area contributed by atoms with Gasteiger partial charge in [0.15, 0.2) is 0 Å². The highest BCUT2D eigenvalue weighted by Crippen LogP contribution is 2.26. The normalized spacial score (nSPS) is 15.1. The summed E-state index contributed by atoms with van der Waals surface area (Å²) in [5.41, 5.74) is 1.18. The lowest BCUT2D eigenvalue weighted by Crippen LogP contribution is -2.13. The molecule has 0 radical (unpaired) electrons. The first kappa shape index (κ1) is 11.2. The Hall–Kier alpha value is -0.860. The van der Waals surface area contributed by atoms with E-state index in [9.17, 15) is 0 Å². The van der Waals surface area contributed by atoms with E-state index < -0.39 is 0 Å².